The van der Waals surface area contributed by atoms with Crippen molar-refractivity contribution < 1.29 is 4.74 Å². The molecule has 0 radical (unpaired) electrons. The lowest BCUT2D eigenvalue weighted by molar-refractivity contribution is 0.282. The van der Waals surface area contributed by atoms with E-state index in [9.17, 15) is 0 Å². The van der Waals surface area contributed by atoms with E-state index >= 15 is 0 Å². The van der Waals surface area contributed by atoms with Gasteiger partial charge >= 0.3 is 0 Å². The Balaban J connectivity index is 1.52. The normalized spacial score (nSPS) is 16.5. The molecule has 5 nitrogen and oxygen atoms in total. The summed E-state index contributed by atoms with van der Waals surface area (Å²) in [5.74, 6) is 1.75. The van der Waals surface area contributed by atoms with Crippen LogP contribution >= 0.6 is 0 Å². The van der Waals surface area contributed by atoms with Crippen molar-refractivity contribution in [3.63, 3.8) is 0 Å². The van der Waals surface area contributed by atoms with Gasteiger partial charge in [0.25, 0.3) is 0 Å². The fourth-order valence-electron chi connectivity index (χ4n) is 2.94. The molecule has 1 aromatic rings. The van der Waals surface area contributed by atoms with E-state index < -0.39 is 0 Å². The maximum atomic E-state index is 5.67. The standard InChI is InChI=1S/C19H32N4O/c1-20-19(22-13-17-24-18-10-5-4-6-11-18)21-12-9-16-23-14-7-2-3-8-15-23/h4-6,10-11H,2-3,7-9,12-17H2,1H3,(H2,20,21,22). The first kappa shape index (κ1) is 18.6. The number of aliphatic imine (C=N–C) groups is 1. The van der Waals surface area contributed by atoms with Crippen molar-refractivity contribution in [3.05, 3.63) is 30.3 Å². The van der Waals surface area contributed by atoms with E-state index in [4.69, 9.17) is 4.74 Å². The SMILES string of the molecule is CN=C(NCCCN1CCCCCC1)NCCOc1ccccc1. The molecule has 134 valence electrons. The molecule has 1 saturated heterocycles. The third kappa shape index (κ3) is 7.68. The van der Waals surface area contributed by atoms with Gasteiger partial charge in [-0.2, -0.15) is 0 Å². The second kappa shape index (κ2) is 11.7. The average molecular weight is 332 g/mol. The van der Waals surface area contributed by atoms with Crippen molar-refractivity contribution in [2.75, 3.05) is 46.4 Å². The summed E-state index contributed by atoms with van der Waals surface area (Å²) < 4.78 is 5.67. The minimum Gasteiger partial charge on any atom is -0.492 e. The minimum absolute atomic E-state index is 0.624. The summed E-state index contributed by atoms with van der Waals surface area (Å²) in [6.45, 7) is 6.03. The number of guanidine groups is 1. The van der Waals surface area contributed by atoms with Gasteiger partial charge in [0.2, 0.25) is 0 Å². The number of hydrogen-bond donors (Lipinski definition) is 2. The number of benzene rings is 1. The predicted octanol–water partition coefficient (Wildman–Crippen LogP) is 2.50. The molecule has 0 bridgehead atoms. The number of hydrogen-bond acceptors (Lipinski definition) is 3. The first-order valence-electron chi connectivity index (χ1n) is 9.23. The highest BCUT2D eigenvalue weighted by Crippen LogP contribution is 2.09. The van der Waals surface area contributed by atoms with Crippen LogP contribution in [-0.4, -0.2) is 57.2 Å². The predicted molar refractivity (Wildman–Crippen MR) is 101 cm³/mol. The second-order valence-corrected chi connectivity index (χ2v) is 6.20. The van der Waals surface area contributed by atoms with E-state index in [2.05, 4.69) is 20.5 Å². The van der Waals surface area contributed by atoms with Crippen LogP contribution in [0, 0.1) is 0 Å². The molecule has 2 rings (SSSR count). The van der Waals surface area contributed by atoms with Crippen LogP contribution in [0.1, 0.15) is 32.1 Å². The average Bonchev–Trinajstić information content (AvgIpc) is 2.90. The van der Waals surface area contributed by atoms with Crippen LogP contribution in [0.15, 0.2) is 35.3 Å². The number of ether oxygens (including phenoxy) is 1. The highest BCUT2D eigenvalue weighted by Gasteiger charge is 2.08. The quantitative estimate of drug-likeness (QED) is 0.436. The molecule has 0 unspecified atom stereocenters. The van der Waals surface area contributed by atoms with E-state index in [1.165, 1.54) is 45.3 Å². The summed E-state index contributed by atoms with van der Waals surface area (Å²) >= 11 is 0. The molecule has 1 heterocycles. The van der Waals surface area contributed by atoms with Crippen LogP contribution in [0.3, 0.4) is 0 Å². The highest BCUT2D eigenvalue weighted by atomic mass is 16.5. The van der Waals surface area contributed by atoms with Crippen LogP contribution in [0.4, 0.5) is 0 Å². The van der Waals surface area contributed by atoms with Crippen LogP contribution in [0.25, 0.3) is 0 Å². The number of para-hydroxylation sites is 1. The Morgan fingerprint density at radius 1 is 1.04 bits per heavy atom. The van der Waals surface area contributed by atoms with Gasteiger partial charge in [-0.15, -0.1) is 0 Å². The van der Waals surface area contributed by atoms with E-state index in [1.54, 1.807) is 0 Å². The number of rotatable bonds is 8. The Morgan fingerprint density at radius 3 is 2.46 bits per heavy atom. The minimum atomic E-state index is 0.624. The molecule has 5 heteroatoms. The van der Waals surface area contributed by atoms with Crippen LogP contribution in [0.5, 0.6) is 5.75 Å². The van der Waals surface area contributed by atoms with Crippen molar-refractivity contribution >= 4 is 5.96 Å². The first-order chi connectivity index (χ1) is 11.9. The Bertz CT molecular complexity index is 456. The summed E-state index contributed by atoms with van der Waals surface area (Å²) in [7, 11) is 1.81. The fourth-order valence-corrected chi connectivity index (χ4v) is 2.94. The van der Waals surface area contributed by atoms with E-state index in [0.29, 0.717) is 6.61 Å². The third-order valence-corrected chi connectivity index (χ3v) is 4.27. The van der Waals surface area contributed by atoms with E-state index in [0.717, 1.165) is 31.2 Å². The molecule has 1 aromatic carbocycles. The molecular formula is C19H32N4O. The van der Waals surface area contributed by atoms with Crippen molar-refractivity contribution in [3.8, 4) is 5.75 Å². The van der Waals surface area contributed by atoms with Crippen molar-refractivity contribution in [2.24, 2.45) is 4.99 Å². The van der Waals surface area contributed by atoms with Crippen LogP contribution < -0.4 is 15.4 Å². The zero-order valence-corrected chi connectivity index (χ0v) is 15.0. The number of nitrogens with zero attached hydrogens (tertiary/aromatic N) is 2. The molecule has 1 aliphatic heterocycles. The van der Waals surface area contributed by atoms with Crippen molar-refractivity contribution in [1.82, 2.24) is 15.5 Å². The van der Waals surface area contributed by atoms with Gasteiger partial charge in [0.15, 0.2) is 5.96 Å². The summed E-state index contributed by atoms with van der Waals surface area (Å²) in [5.41, 5.74) is 0. The molecule has 24 heavy (non-hydrogen) atoms. The zero-order chi connectivity index (χ0) is 16.9. The van der Waals surface area contributed by atoms with Gasteiger partial charge in [-0.1, -0.05) is 31.0 Å². The molecule has 0 spiro atoms. The fraction of sp³-hybridized carbons (Fsp3) is 0.632. The summed E-state index contributed by atoms with van der Waals surface area (Å²) in [5, 5.41) is 6.67. The highest BCUT2D eigenvalue weighted by molar-refractivity contribution is 5.79. The lowest BCUT2D eigenvalue weighted by Crippen LogP contribution is -2.40. The molecule has 1 fully saturated rings. The molecule has 2 N–H and O–H groups in total. The number of likely N-dealkylation sites (tertiary alicyclic amines) is 1. The molecule has 0 amide bonds. The second-order valence-electron chi connectivity index (χ2n) is 6.20. The molecule has 1 aliphatic rings. The third-order valence-electron chi connectivity index (χ3n) is 4.27. The summed E-state index contributed by atoms with van der Waals surface area (Å²) in [6, 6.07) is 9.88. The van der Waals surface area contributed by atoms with E-state index in [1.807, 2.05) is 37.4 Å². The Morgan fingerprint density at radius 2 is 1.75 bits per heavy atom. The summed E-state index contributed by atoms with van der Waals surface area (Å²) in [6.07, 6.45) is 6.67. The van der Waals surface area contributed by atoms with Gasteiger partial charge in [0.1, 0.15) is 12.4 Å². The molecule has 0 atom stereocenters. The maximum Gasteiger partial charge on any atom is 0.191 e. The lowest BCUT2D eigenvalue weighted by Gasteiger charge is -2.20. The van der Waals surface area contributed by atoms with Crippen molar-refractivity contribution in [1.29, 1.82) is 0 Å². The topological polar surface area (TPSA) is 48.9 Å². The van der Waals surface area contributed by atoms with E-state index in [-0.39, 0.29) is 0 Å². The van der Waals surface area contributed by atoms with Gasteiger partial charge in [-0.25, -0.2) is 0 Å². The van der Waals surface area contributed by atoms with Gasteiger partial charge in [0.05, 0.1) is 6.54 Å². The molecular weight excluding hydrogens is 300 g/mol. The van der Waals surface area contributed by atoms with Gasteiger partial charge < -0.3 is 20.3 Å². The number of nitrogens with one attached hydrogen (secondary N) is 2. The van der Waals surface area contributed by atoms with Crippen molar-refractivity contribution in [2.45, 2.75) is 32.1 Å². The lowest BCUT2D eigenvalue weighted by atomic mass is 10.2. The van der Waals surface area contributed by atoms with Gasteiger partial charge in [0, 0.05) is 13.6 Å². The van der Waals surface area contributed by atoms with Gasteiger partial charge in [-0.05, 0) is 51.0 Å². The first-order valence-corrected chi connectivity index (χ1v) is 9.23. The summed E-state index contributed by atoms with van der Waals surface area (Å²) in [4.78, 5) is 6.85. The maximum absolute atomic E-state index is 5.67. The Hall–Kier alpha value is -1.75. The molecule has 0 saturated carbocycles. The Kier molecular flexibility index (Phi) is 9.09. The monoisotopic (exact) mass is 332 g/mol. The molecule has 0 aromatic heterocycles. The zero-order valence-electron chi connectivity index (χ0n) is 15.0. The van der Waals surface area contributed by atoms with Crippen LogP contribution in [-0.2, 0) is 0 Å². The molecule has 0 aliphatic carbocycles. The largest absolute Gasteiger partial charge is 0.492 e. The van der Waals surface area contributed by atoms with Gasteiger partial charge in [-0.3, -0.25) is 4.99 Å². The smallest absolute Gasteiger partial charge is 0.191 e. The van der Waals surface area contributed by atoms with Crippen LogP contribution in [0.2, 0.25) is 0 Å². The Labute approximate surface area is 146 Å².